The predicted octanol–water partition coefficient (Wildman–Crippen LogP) is 3.37. The van der Waals surface area contributed by atoms with Gasteiger partial charge in [-0.2, -0.15) is 0 Å². The van der Waals surface area contributed by atoms with E-state index in [-0.39, 0.29) is 11.5 Å². The van der Waals surface area contributed by atoms with Crippen molar-refractivity contribution in [2.75, 3.05) is 13.1 Å². The van der Waals surface area contributed by atoms with Gasteiger partial charge in [-0.1, -0.05) is 30.3 Å². The molecule has 1 amide bonds. The third-order valence-electron chi connectivity index (χ3n) is 4.45. The Morgan fingerprint density at radius 2 is 1.86 bits per heavy atom. The van der Waals surface area contributed by atoms with Gasteiger partial charge in [-0.3, -0.25) is 9.59 Å². The number of carbonyl (C=O) groups is 2. The minimum Gasteiger partial charge on any atom is -0.462 e. The lowest BCUT2D eigenvalue weighted by Crippen LogP contribution is -2.44. The van der Waals surface area contributed by atoms with Crippen LogP contribution in [0.5, 0.6) is 0 Å². The Balaban J connectivity index is 0.000000345. The van der Waals surface area contributed by atoms with Crippen LogP contribution in [0.1, 0.15) is 49.7 Å². The zero-order valence-electron chi connectivity index (χ0n) is 17.0. The molecule has 0 unspecified atom stereocenters. The first-order chi connectivity index (χ1) is 13.4. The van der Waals surface area contributed by atoms with Gasteiger partial charge >= 0.3 is 0 Å². The van der Waals surface area contributed by atoms with Gasteiger partial charge < -0.3 is 19.9 Å². The highest BCUT2D eigenvalue weighted by atomic mass is 16.5. The molecule has 1 aliphatic heterocycles. The van der Waals surface area contributed by atoms with Crippen LogP contribution in [-0.4, -0.2) is 47.0 Å². The smallest absolute Gasteiger partial charge is 0.293 e. The number of rotatable bonds is 5. The summed E-state index contributed by atoms with van der Waals surface area (Å²) in [5.41, 5.74) is 1.68. The molecule has 2 N–H and O–H groups in total. The lowest BCUT2D eigenvalue weighted by atomic mass is 10.0. The number of aromatic nitrogens is 1. The van der Waals surface area contributed by atoms with E-state index in [1.54, 1.807) is 6.20 Å². The number of aromatic amines is 1. The van der Waals surface area contributed by atoms with Gasteiger partial charge in [0.1, 0.15) is 11.3 Å². The van der Waals surface area contributed by atoms with E-state index in [2.05, 4.69) is 39.3 Å². The summed E-state index contributed by atoms with van der Waals surface area (Å²) in [4.78, 5) is 26.7. The van der Waals surface area contributed by atoms with Crippen molar-refractivity contribution in [1.82, 2.24) is 15.2 Å². The van der Waals surface area contributed by atoms with E-state index in [1.807, 2.05) is 43.9 Å². The number of nitrogens with zero attached hydrogens (tertiary/aromatic N) is 1. The molecule has 6 nitrogen and oxygen atoms in total. The zero-order chi connectivity index (χ0) is 20.4. The van der Waals surface area contributed by atoms with Gasteiger partial charge in [-0.25, -0.2) is 0 Å². The van der Waals surface area contributed by atoms with Gasteiger partial charge in [0, 0.05) is 31.9 Å². The number of H-pyrrole nitrogens is 1. The quantitative estimate of drug-likeness (QED) is 0.774. The van der Waals surface area contributed by atoms with Crippen LogP contribution in [0.25, 0.3) is 0 Å². The molecule has 6 heteroatoms. The molecule has 0 atom stereocenters. The molecule has 0 spiro atoms. The van der Waals surface area contributed by atoms with E-state index in [0.29, 0.717) is 18.2 Å². The molecule has 3 rings (SSSR count). The molecular weight excluding hydrogens is 354 g/mol. The summed E-state index contributed by atoms with van der Waals surface area (Å²) in [7, 11) is 0. The van der Waals surface area contributed by atoms with Crippen LogP contribution >= 0.6 is 0 Å². The van der Waals surface area contributed by atoms with E-state index < -0.39 is 0 Å². The summed E-state index contributed by atoms with van der Waals surface area (Å²) in [6.45, 7) is 8.47. The minimum atomic E-state index is -0.318. The fraction of sp³-hybridized carbons (Fsp3) is 0.455. The first-order valence-electron chi connectivity index (χ1n) is 9.70. The van der Waals surface area contributed by atoms with E-state index in [1.165, 1.54) is 5.56 Å². The van der Waals surface area contributed by atoms with Gasteiger partial charge in [0.25, 0.3) is 12.4 Å². The molecule has 0 bridgehead atoms. The molecule has 1 aromatic carbocycles. The van der Waals surface area contributed by atoms with E-state index in [9.17, 15) is 9.59 Å². The molecule has 1 fully saturated rings. The summed E-state index contributed by atoms with van der Waals surface area (Å²) in [6, 6.07) is 14.6. The Kier molecular flexibility index (Phi) is 8.26. The highest BCUT2D eigenvalue weighted by Gasteiger charge is 2.23. The number of ether oxygens (including phenoxy) is 1. The molecule has 0 saturated carbocycles. The van der Waals surface area contributed by atoms with Gasteiger partial charge in [0.15, 0.2) is 0 Å². The lowest BCUT2D eigenvalue weighted by molar-refractivity contribution is -0.138. The number of piperidine rings is 1. The highest BCUT2D eigenvalue weighted by Crippen LogP contribution is 2.14. The van der Waals surface area contributed by atoms with Crippen molar-refractivity contribution in [3.63, 3.8) is 0 Å². The number of carbonyl (C=O) groups excluding carboxylic acids is 2. The summed E-state index contributed by atoms with van der Waals surface area (Å²) >= 11 is 0. The Morgan fingerprint density at radius 3 is 2.36 bits per heavy atom. The number of hydrogen-bond donors (Lipinski definition) is 2. The fourth-order valence-electron chi connectivity index (χ4n) is 2.92. The van der Waals surface area contributed by atoms with Crippen LogP contribution in [0.2, 0.25) is 0 Å². The highest BCUT2D eigenvalue weighted by molar-refractivity contribution is 5.92. The second kappa shape index (κ2) is 10.7. The topological polar surface area (TPSA) is 74.4 Å². The second-order valence-electron chi connectivity index (χ2n) is 7.84. The molecular formula is C22H31N3O3. The van der Waals surface area contributed by atoms with Gasteiger partial charge in [-0.05, 0) is 51.3 Å². The normalized spacial score (nSPS) is 14.8. The third kappa shape index (κ3) is 7.56. The Bertz CT molecular complexity index is 700. The molecule has 1 aliphatic rings. The first-order valence-corrected chi connectivity index (χ1v) is 9.70. The molecule has 28 heavy (non-hydrogen) atoms. The monoisotopic (exact) mass is 385 g/mol. The fourth-order valence-corrected chi connectivity index (χ4v) is 2.92. The number of amides is 1. The average Bonchev–Trinajstić information content (AvgIpc) is 3.21. The van der Waals surface area contributed by atoms with Crippen LogP contribution in [0.3, 0.4) is 0 Å². The Morgan fingerprint density at radius 1 is 1.18 bits per heavy atom. The minimum absolute atomic E-state index is 0.113. The van der Waals surface area contributed by atoms with Gasteiger partial charge in [-0.15, -0.1) is 0 Å². The molecule has 1 aromatic heterocycles. The maximum Gasteiger partial charge on any atom is 0.293 e. The van der Waals surface area contributed by atoms with Crippen molar-refractivity contribution in [3.05, 3.63) is 59.9 Å². The molecule has 1 saturated heterocycles. The number of nitrogens with one attached hydrogen (secondary N) is 2. The first kappa shape index (κ1) is 21.7. The third-order valence-corrected chi connectivity index (χ3v) is 4.45. The molecule has 2 aromatic rings. The molecule has 0 radical (unpaired) electrons. The van der Waals surface area contributed by atoms with Crippen LogP contribution in [-0.2, 0) is 16.1 Å². The van der Waals surface area contributed by atoms with Gasteiger partial charge in [0.05, 0.1) is 0 Å². The summed E-state index contributed by atoms with van der Waals surface area (Å²) in [5, 5.41) is 3.59. The van der Waals surface area contributed by atoms with E-state index >= 15 is 0 Å². The van der Waals surface area contributed by atoms with E-state index in [0.717, 1.165) is 32.5 Å². The van der Waals surface area contributed by atoms with Crippen molar-refractivity contribution >= 4 is 12.4 Å². The summed E-state index contributed by atoms with van der Waals surface area (Å²) in [6.07, 6.45) is 3.82. The van der Waals surface area contributed by atoms with Crippen LogP contribution in [0, 0.1) is 0 Å². The van der Waals surface area contributed by atoms with Crippen molar-refractivity contribution in [3.8, 4) is 0 Å². The van der Waals surface area contributed by atoms with E-state index in [4.69, 9.17) is 0 Å². The number of likely N-dealkylation sites (tertiary alicyclic amines) is 1. The standard InChI is InChI=1S/C17H21N3O.C5H10O2/c21-17(16-7-4-10-18-16)20-11-8-15(9-12-20)19-13-14-5-2-1-3-6-14;1-5(2,3)7-4-6/h1-7,10,15,18-19H,8-9,11-13H2;4H,1-3H3. The SMILES string of the molecule is CC(C)(C)OC=O.O=C(c1ccc[nH]1)N1CCC(NCc2ccccc2)CC1. The van der Waals surface area contributed by atoms with Crippen molar-refractivity contribution < 1.29 is 14.3 Å². The molecule has 0 aliphatic carbocycles. The van der Waals surface area contributed by atoms with Crippen molar-refractivity contribution in [2.24, 2.45) is 0 Å². The van der Waals surface area contributed by atoms with Crippen molar-refractivity contribution in [1.29, 1.82) is 0 Å². The maximum atomic E-state index is 12.2. The predicted molar refractivity (Wildman–Crippen MR) is 110 cm³/mol. The lowest BCUT2D eigenvalue weighted by Gasteiger charge is -2.32. The molecule has 2 heterocycles. The Hall–Kier alpha value is -2.60. The molecule has 152 valence electrons. The van der Waals surface area contributed by atoms with Crippen LogP contribution in [0.15, 0.2) is 48.7 Å². The average molecular weight is 386 g/mol. The zero-order valence-corrected chi connectivity index (χ0v) is 17.0. The largest absolute Gasteiger partial charge is 0.462 e. The van der Waals surface area contributed by atoms with Gasteiger partial charge in [0.2, 0.25) is 0 Å². The van der Waals surface area contributed by atoms with Crippen LogP contribution < -0.4 is 5.32 Å². The number of hydrogen-bond acceptors (Lipinski definition) is 4. The Labute approximate surface area is 167 Å². The van der Waals surface area contributed by atoms with Crippen molar-refractivity contribution in [2.45, 2.75) is 51.8 Å². The second-order valence-corrected chi connectivity index (χ2v) is 7.84. The summed E-state index contributed by atoms with van der Waals surface area (Å²) in [5.74, 6) is 0.113. The maximum absolute atomic E-state index is 12.2. The summed E-state index contributed by atoms with van der Waals surface area (Å²) < 4.78 is 4.55. The van der Waals surface area contributed by atoms with Crippen LogP contribution in [0.4, 0.5) is 0 Å². The number of benzene rings is 1.